The van der Waals surface area contributed by atoms with Gasteiger partial charge in [0.05, 0.1) is 0 Å². The molecule has 2 rings (SSSR count). The van der Waals surface area contributed by atoms with Crippen LogP contribution in [0.25, 0.3) is 0 Å². The molecule has 1 heterocycles. The van der Waals surface area contributed by atoms with Crippen LogP contribution in [0.5, 0.6) is 0 Å². The molecular formula is C15H20N2O2. The van der Waals surface area contributed by atoms with Crippen molar-refractivity contribution < 1.29 is 9.59 Å². The van der Waals surface area contributed by atoms with Crippen molar-refractivity contribution in [2.24, 2.45) is 0 Å². The van der Waals surface area contributed by atoms with Crippen LogP contribution in [0.15, 0.2) is 24.3 Å². The fourth-order valence-corrected chi connectivity index (χ4v) is 2.47. The van der Waals surface area contributed by atoms with E-state index in [1.807, 2.05) is 38.1 Å². The second-order valence-corrected chi connectivity index (χ2v) is 4.73. The molecule has 0 spiro atoms. The summed E-state index contributed by atoms with van der Waals surface area (Å²) in [6.45, 7) is 5.35. The van der Waals surface area contributed by atoms with Gasteiger partial charge in [0.1, 0.15) is 6.04 Å². The maximum atomic E-state index is 11.8. The van der Waals surface area contributed by atoms with Gasteiger partial charge in [0.25, 0.3) is 0 Å². The standard InChI is InChI=1S/C15H20N2O2/c1-3-13-15(19)16-9-10-17(13)12-7-5-11(6-8-12)14(18)4-2/h5-8,13H,3-4,9-10H2,1-2H3,(H,16,19). The third kappa shape index (κ3) is 2.78. The fraction of sp³-hybridized carbons (Fsp3) is 0.467. The van der Waals surface area contributed by atoms with Crippen LogP contribution >= 0.6 is 0 Å². The van der Waals surface area contributed by atoms with E-state index in [0.717, 1.165) is 24.2 Å². The number of rotatable bonds is 4. The number of carbonyl (C=O) groups excluding carboxylic acids is 2. The Bertz CT molecular complexity index is 468. The topological polar surface area (TPSA) is 49.4 Å². The summed E-state index contributed by atoms with van der Waals surface area (Å²) in [4.78, 5) is 25.5. The highest BCUT2D eigenvalue weighted by molar-refractivity contribution is 5.96. The second kappa shape index (κ2) is 5.87. The van der Waals surface area contributed by atoms with Crippen molar-refractivity contribution >= 4 is 17.4 Å². The van der Waals surface area contributed by atoms with Crippen molar-refractivity contribution in [3.63, 3.8) is 0 Å². The summed E-state index contributed by atoms with van der Waals surface area (Å²) in [5, 5.41) is 2.89. The highest BCUT2D eigenvalue weighted by Gasteiger charge is 2.28. The average Bonchev–Trinajstić information content (AvgIpc) is 2.46. The first-order valence-corrected chi connectivity index (χ1v) is 6.85. The normalized spacial score (nSPS) is 19.2. The number of Topliss-reactive ketones (excluding diaryl/α,β-unsaturated/α-hetero) is 1. The SMILES string of the molecule is CCC(=O)c1ccc(N2CCNC(=O)C2CC)cc1. The predicted molar refractivity (Wildman–Crippen MR) is 75.5 cm³/mol. The van der Waals surface area contributed by atoms with Crippen molar-refractivity contribution in [1.29, 1.82) is 0 Å². The van der Waals surface area contributed by atoms with Crippen LogP contribution in [-0.2, 0) is 4.79 Å². The third-order valence-electron chi connectivity index (χ3n) is 3.56. The molecule has 1 N–H and O–H groups in total. The monoisotopic (exact) mass is 260 g/mol. The van der Waals surface area contributed by atoms with E-state index < -0.39 is 0 Å². The Kier molecular flexibility index (Phi) is 4.20. The lowest BCUT2D eigenvalue weighted by atomic mass is 10.1. The minimum Gasteiger partial charge on any atom is -0.358 e. The van der Waals surface area contributed by atoms with Gasteiger partial charge in [-0.1, -0.05) is 13.8 Å². The van der Waals surface area contributed by atoms with E-state index in [9.17, 15) is 9.59 Å². The van der Waals surface area contributed by atoms with Crippen LogP contribution in [-0.4, -0.2) is 30.8 Å². The number of hydrogen-bond acceptors (Lipinski definition) is 3. The lowest BCUT2D eigenvalue weighted by molar-refractivity contribution is -0.123. The summed E-state index contributed by atoms with van der Waals surface area (Å²) in [7, 11) is 0. The zero-order chi connectivity index (χ0) is 13.8. The molecule has 0 saturated carbocycles. The Morgan fingerprint density at radius 2 is 2.00 bits per heavy atom. The molecule has 1 atom stereocenters. The van der Waals surface area contributed by atoms with Crippen LogP contribution in [0.4, 0.5) is 5.69 Å². The molecule has 0 radical (unpaired) electrons. The van der Waals surface area contributed by atoms with Gasteiger partial charge in [0, 0.05) is 30.8 Å². The Morgan fingerprint density at radius 1 is 1.32 bits per heavy atom. The van der Waals surface area contributed by atoms with Gasteiger partial charge < -0.3 is 10.2 Å². The Balaban J connectivity index is 2.21. The molecule has 1 aromatic rings. The van der Waals surface area contributed by atoms with E-state index in [1.165, 1.54) is 0 Å². The lowest BCUT2D eigenvalue weighted by Gasteiger charge is -2.36. The summed E-state index contributed by atoms with van der Waals surface area (Å²) in [5.74, 6) is 0.234. The fourth-order valence-electron chi connectivity index (χ4n) is 2.47. The molecule has 1 amide bonds. The van der Waals surface area contributed by atoms with Crippen molar-refractivity contribution in [3.05, 3.63) is 29.8 Å². The van der Waals surface area contributed by atoms with E-state index in [1.54, 1.807) is 0 Å². The van der Waals surface area contributed by atoms with Gasteiger partial charge in [-0.15, -0.1) is 0 Å². The first-order chi connectivity index (χ1) is 9.17. The molecule has 19 heavy (non-hydrogen) atoms. The van der Waals surface area contributed by atoms with Gasteiger partial charge in [0.2, 0.25) is 5.91 Å². The molecular weight excluding hydrogens is 240 g/mol. The molecule has 0 aromatic heterocycles. The van der Waals surface area contributed by atoms with E-state index in [2.05, 4.69) is 10.2 Å². The van der Waals surface area contributed by atoms with Gasteiger partial charge >= 0.3 is 0 Å². The van der Waals surface area contributed by atoms with Crippen LogP contribution in [0.3, 0.4) is 0 Å². The Morgan fingerprint density at radius 3 is 2.58 bits per heavy atom. The summed E-state index contributed by atoms with van der Waals surface area (Å²) in [5.41, 5.74) is 1.75. The Labute approximate surface area is 113 Å². The van der Waals surface area contributed by atoms with Crippen molar-refractivity contribution in [3.8, 4) is 0 Å². The number of anilines is 1. The van der Waals surface area contributed by atoms with E-state index in [0.29, 0.717) is 13.0 Å². The van der Waals surface area contributed by atoms with Crippen molar-refractivity contribution in [2.45, 2.75) is 32.7 Å². The number of nitrogens with one attached hydrogen (secondary N) is 1. The van der Waals surface area contributed by atoms with Crippen molar-refractivity contribution in [1.82, 2.24) is 5.32 Å². The molecule has 1 saturated heterocycles. The lowest BCUT2D eigenvalue weighted by Crippen LogP contribution is -2.55. The first kappa shape index (κ1) is 13.6. The molecule has 1 fully saturated rings. The molecule has 0 aliphatic carbocycles. The molecule has 1 aliphatic heterocycles. The van der Waals surface area contributed by atoms with E-state index >= 15 is 0 Å². The molecule has 1 unspecified atom stereocenters. The summed E-state index contributed by atoms with van der Waals surface area (Å²) in [6.07, 6.45) is 1.30. The van der Waals surface area contributed by atoms with Crippen LogP contribution in [0, 0.1) is 0 Å². The minimum absolute atomic E-state index is 0.0856. The van der Waals surface area contributed by atoms with Crippen molar-refractivity contribution in [2.75, 3.05) is 18.0 Å². The third-order valence-corrected chi connectivity index (χ3v) is 3.56. The molecule has 1 aliphatic rings. The summed E-state index contributed by atoms with van der Waals surface area (Å²) < 4.78 is 0. The molecule has 0 bridgehead atoms. The molecule has 1 aromatic carbocycles. The van der Waals surface area contributed by atoms with Gasteiger partial charge in [-0.05, 0) is 30.7 Å². The quantitative estimate of drug-likeness (QED) is 0.842. The maximum absolute atomic E-state index is 11.8. The summed E-state index contributed by atoms with van der Waals surface area (Å²) >= 11 is 0. The maximum Gasteiger partial charge on any atom is 0.242 e. The second-order valence-electron chi connectivity index (χ2n) is 4.73. The van der Waals surface area contributed by atoms with E-state index in [-0.39, 0.29) is 17.7 Å². The predicted octanol–water partition coefficient (Wildman–Crippen LogP) is 1.99. The highest BCUT2D eigenvalue weighted by atomic mass is 16.2. The van der Waals surface area contributed by atoms with Gasteiger partial charge in [0.15, 0.2) is 5.78 Å². The number of piperazine rings is 1. The number of hydrogen-bond donors (Lipinski definition) is 1. The smallest absolute Gasteiger partial charge is 0.242 e. The number of ketones is 1. The zero-order valence-corrected chi connectivity index (χ0v) is 11.5. The zero-order valence-electron chi connectivity index (χ0n) is 11.5. The molecule has 102 valence electrons. The average molecular weight is 260 g/mol. The number of carbonyl (C=O) groups is 2. The number of nitrogens with zero attached hydrogens (tertiary/aromatic N) is 1. The van der Waals surface area contributed by atoms with Crippen LogP contribution in [0.2, 0.25) is 0 Å². The molecule has 4 nitrogen and oxygen atoms in total. The first-order valence-electron chi connectivity index (χ1n) is 6.85. The number of amides is 1. The molecule has 4 heteroatoms. The minimum atomic E-state index is -0.110. The Hall–Kier alpha value is -1.84. The van der Waals surface area contributed by atoms with Crippen LogP contribution in [0.1, 0.15) is 37.0 Å². The number of benzene rings is 1. The highest BCUT2D eigenvalue weighted by Crippen LogP contribution is 2.21. The van der Waals surface area contributed by atoms with Gasteiger partial charge in [-0.3, -0.25) is 9.59 Å². The van der Waals surface area contributed by atoms with Gasteiger partial charge in [-0.2, -0.15) is 0 Å². The van der Waals surface area contributed by atoms with Gasteiger partial charge in [-0.25, -0.2) is 0 Å². The largest absolute Gasteiger partial charge is 0.358 e. The van der Waals surface area contributed by atoms with E-state index in [4.69, 9.17) is 0 Å². The van der Waals surface area contributed by atoms with Crippen LogP contribution < -0.4 is 10.2 Å². The summed E-state index contributed by atoms with van der Waals surface area (Å²) in [6, 6.07) is 7.45.